The quantitative estimate of drug-likeness (QED) is 0.489. The summed E-state index contributed by atoms with van der Waals surface area (Å²) in [5, 5.41) is 0. The Hall–Kier alpha value is -2.62. The molecule has 1 aliphatic rings. The first-order chi connectivity index (χ1) is 13.7. The highest BCUT2D eigenvalue weighted by molar-refractivity contribution is 7.52. The molecule has 1 aromatic heterocycles. The van der Waals surface area contributed by atoms with Crippen LogP contribution in [0.5, 0.6) is 11.5 Å². The van der Waals surface area contributed by atoms with Crippen molar-refractivity contribution >= 4 is 7.75 Å². The average Bonchev–Trinajstić information content (AvgIpc) is 2.76. The summed E-state index contributed by atoms with van der Waals surface area (Å²) in [6.45, 7) is 0.635. The maximum absolute atomic E-state index is 14.2. The number of piperidine rings is 1. The third kappa shape index (κ3) is 4.27. The Labute approximate surface area is 165 Å². The van der Waals surface area contributed by atoms with Crippen LogP contribution in [-0.2, 0) is 4.57 Å². The van der Waals surface area contributed by atoms with Crippen molar-refractivity contribution in [3.63, 3.8) is 0 Å². The molecule has 1 atom stereocenters. The maximum Gasteiger partial charge on any atom is 0.516 e. The Bertz CT molecular complexity index is 877. The van der Waals surface area contributed by atoms with Gasteiger partial charge in [0, 0.05) is 25.0 Å². The average molecular weight is 394 g/mol. The van der Waals surface area contributed by atoms with E-state index in [4.69, 9.17) is 9.05 Å². The third-order valence-electron chi connectivity index (χ3n) is 4.79. The van der Waals surface area contributed by atoms with Gasteiger partial charge >= 0.3 is 7.75 Å². The van der Waals surface area contributed by atoms with Gasteiger partial charge < -0.3 is 9.05 Å². The predicted octanol–water partition coefficient (Wildman–Crippen LogP) is 5.87. The molecule has 5 nitrogen and oxygen atoms in total. The van der Waals surface area contributed by atoms with E-state index < -0.39 is 7.75 Å². The second-order valence-corrected chi connectivity index (χ2v) is 8.55. The topological polar surface area (TPSA) is 51.7 Å². The van der Waals surface area contributed by atoms with Gasteiger partial charge in [0.1, 0.15) is 11.5 Å². The molecule has 0 spiro atoms. The van der Waals surface area contributed by atoms with Crippen LogP contribution in [0.25, 0.3) is 0 Å². The van der Waals surface area contributed by atoms with Crippen LogP contribution >= 0.6 is 7.75 Å². The number of aromatic nitrogens is 1. The van der Waals surface area contributed by atoms with Crippen LogP contribution in [0.3, 0.4) is 0 Å². The molecule has 28 heavy (non-hydrogen) atoms. The van der Waals surface area contributed by atoms with Gasteiger partial charge in [0.2, 0.25) is 0 Å². The van der Waals surface area contributed by atoms with Crippen LogP contribution < -0.4 is 9.05 Å². The Morgan fingerprint density at radius 2 is 1.50 bits per heavy atom. The molecule has 2 aromatic carbocycles. The Balaban J connectivity index is 1.71. The Morgan fingerprint density at radius 1 is 0.857 bits per heavy atom. The number of nitrogens with zero attached hydrogens (tertiary/aromatic N) is 2. The summed E-state index contributed by atoms with van der Waals surface area (Å²) >= 11 is 0. The molecule has 144 valence electrons. The lowest BCUT2D eigenvalue weighted by Crippen LogP contribution is -2.34. The van der Waals surface area contributed by atoms with E-state index in [1.54, 1.807) is 30.5 Å². The molecule has 0 amide bonds. The van der Waals surface area contributed by atoms with Crippen molar-refractivity contribution in [1.82, 2.24) is 9.65 Å². The summed E-state index contributed by atoms with van der Waals surface area (Å²) in [4.78, 5) is 4.25. The minimum Gasteiger partial charge on any atom is -0.404 e. The van der Waals surface area contributed by atoms with Crippen LogP contribution in [0.2, 0.25) is 0 Å². The van der Waals surface area contributed by atoms with E-state index in [0.29, 0.717) is 18.0 Å². The molecule has 0 saturated carbocycles. The predicted molar refractivity (Wildman–Crippen MR) is 109 cm³/mol. The first-order valence-electron chi connectivity index (χ1n) is 9.51. The number of hydrogen-bond donors (Lipinski definition) is 0. The summed E-state index contributed by atoms with van der Waals surface area (Å²) in [6, 6.07) is 22.3. The largest absolute Gasteiger partial charge is 0.516 e. The Kier molecular flexibility index (Phi) is 5.75. The first kappa shape index (κ1) is 18.7. The molecule has 6 heteroatoms. The van der Waals surface area contributed by atoms with Crippen LogP contribution in [0.1, 0.15) is 30.9 Å². The lowest BCUT2D eigenvalue weighted by atomic mass is 9.99. The van der Waals surface area contributed by atoms with Crippen molar-refractivity contribution < 1.29 is 13.6 Å². The molecule has 0 N–H and O–H groups in total. The third-order valence-corrected chi connectivity index (χ3v) is 6.78. The summed E-state index contributed by atoms with van der Waals surface area (Å²) in [5.41, 5.74) is 1.02. The van der Waals surface area contributed by atoms with Crippen molar-refractivity contribution in [1.29, 1.82) is 0 Å². The molecule has 1 fully saturated rings. The smallest absolute Gasteiger partial charge is 0.404 e. The summed E-state index contributed by atoms with van der Waals surface area (Å²) in [7, 11) is -3.65. The molecule has 1 unspecified atom stereocenters. The van der Waals surface area contributed by atoms with E-state index in [1.807, 2.05) is 59.4 Å². The van der Waals surface area contributed by atoms with E-state index >= 15 is 0 Å². The first-order valence-corrected chi connectivity index (χ1v) is 11.0. The maximum atomic E-state index is 14.2. The Morgan fingerprint density at radius 3 is 2.07 bits per heavy atom. The second-order valence-electron chi connectivity index (χ2n) is 6.74. The van der Waals surface area contributed by atoms with Gasteiger partial charge in [-0.05, 0) is 48.7 Å². The molecule has 0 bridgehead atoms. The fourth-order valence-electron chi connectivity index (χ4n) is 3.47. The molecule has 4 rings (SSSR count). The highest BCUT2D eigenvalue weighted by Gasteiger charge is 2.43. The minimum absolute atomic E-state index is 0.0688. The molecule has 3 aromatic rings. The standard InChI is InChI=1S/C22H23N2O3P/c25-28(26-20-11-3-1-4-12-20,27-21-13-5-2-6-14-21)24-17-8-7-15-22(24)19-10-9-16-23-18-19/h1-6,9-14,16,18,22H,7-8,15,17H2. The van der Waals surface area contributed by atoms with E-state index in [9.17, 15) is 4.57 Å². The van der Waals surface area contributed by atoms with Crippen molar-refractivity contribution in [2.24, 2.45) is 0 Å². The monoisotopic (exact) mass is 394 g/mol. The number of pyridine rings is 1. The number of hydrogen-bond acceptors (Lipinski definition) is 4. The normalized spacial score (nSPS) is 17.8. The van der Waals surface area contributed by atoms with Crippen LogP contribution in [0, 0.1) is 0 Å². The number of rotatable bonds is 6. The lowest BCUT2D eigenvalue weighted by molar-refractivity contribution is 0.197. The summed E-state index contributed by atoms with van der Waals surface area (Å²) < 4.78 is 28.1. The van der Waals surface area contributed by atoms with Gasteiger partial charge in [-0.3, -0.25) is 4.98 Å². The second kappa shape index (κ2) is 8.59. The molecule has 0 aliphatic carbocycles. The zero-order chi connectivity index (χ0) is 19.2. The van der Waals surface area contributed by atoms with Crippen molar-refractivity contribution in [3.8, 4) is 11.5 Å². The highest BCUT2D eigenvalue weighted by atomic mass is 31.2. The van der Waals surface area contributed by atoms with E-state index in [-0.39, 0.29) is 6.04 Å². The van der Waals surface area contributed by atoms with Gasteiger partial charge in [-0.15, -0.1) is 0 Å². The van der Waals surface area contributed by atoms with Crippen molar-refractivity contribution in [2.75, 3.05) is 6.54 Å². The number of para-hydroxylation sites is 2. The molecular formula is C22H23N2O3P. The van der Waals surface area contributed by atoms with Crippen LogP contribution in [0.4, 0.5) is 0 Å². The zero-order valence-electron chi connectivity index (χ0n) is 15.6. The molecule has 1 saturated heterocycles. The summed E-state index contributed by atoms with van der Waals surface area (Å²) in [6.07, 6.45) is 6.46. The van der Waals surface area contributed by atoms with Crippen LogP contribution in [-0.4, -0.2) is 16.2 Å². The van der Waals surface area contributed by atoms with Crippen molar-refractivity contribution in [2.45, 2.75) is 25.3 Å². The van der Waals surface area contributed by atoms with E-state index in [2.05, 4.69) is 4.98 Å². The van der Waals surface area contributed by atoms with Gasteiger partial charge in [-0.2, -0.15) is 4.67 Å². The molecule has 2 heterocycles. The lowest BCUT2D eigenvalue weighted by Gasteiger charge is -2.38. The van der Waals surface area contributed by atoms with Gasteiger partial charge in [-0.1, -0.05) is 48.9 Å². The molecule has 0 radical (unpaired) electrons. The number of benzene rings is 2. The zero-order valence-corrected chi connectivity index (χ0v) is 16.4. The fourth-order valence-corrected chi connectivity index (χ4v) is 5.47. The minimum atomic E-state index is -3.65. The molecule has 1 aliphatic heterocycles. The van der Waals surface area contributed by atoms with E-state index in [0.717, 1.165) is 24.8 Å². The van der Waals surface area contributed by atoms with Gasteiger partial charge in [-0.25, -0.2) is 4.57 Å². The van der Waals surface area contributed by atoms with Gasteiger partial charge in [0.05, 0.1) is 0 Å². The molecular weight excluding hydrogens is 371 g/mol. The van der Waals surface area contributed by atoms with E-state index in [1.165, 1.54) is 0 Å². The fraction of sp³-hybridized carbons (Fsp3) is 0.227. The summed E-state index contributed by atoms with van der Waals surface area (Å²) in [5.74, 6) is 1.05. The highest BCUT2D eigenvalue weighted by Crippen LogP contribution is 2.57. The van der Waals surface area contributed by atoms with Crippen molar-refractivity contribution in [3.05, 3.63) is 90.8 Å². The van der Waals surface area contributed by atoms with Gasteiger partial charge in [0.25, 0.3) is 0 Å². The SMILES string of the molecule is O=P(Oc1ccccc1)(Oc1ccccc1)N1CCCCC1c1cccnc1. The van der Waals surface area contributed by atoms with Gasteiger partial charge in [0.15, 0.2) is 0 Å². The van der Waals surface area contributed by atoms with Crippen LogP contribution in [0.15, 0.2) is 85.2 Å².